The molecule has 100 valence electrons. The Morgan fingerprint density at radius 2 is 2.24 bits per heavy atom. The first-order valence-corrected chi connectivity index (χ1v) is 6.28. The number of hydrogen-bond donors (Lipinski definition) is 2. The van der Waals surface area contributed by atoms with Crippen LogP contribution in [0.2, 0.25) is 0 Å². The Bertz CT molecular complexity index is 236. The zero-order valence-electron chi connectivity index (χ0n) is 10.8. The van der Waals surface area contributed by atoms with Gasteiger partial charge < -0.3 is 20.1 Å². The molecule has 2 N–H and O–H groups in total. The average molecular weight is 244 g/mol. The van der Waals surface area contributed by atoms with Crippen LogP contribution >= 0.6 is 0 Å². The fourth-order valence-electron chi connectivity index (χ4n) is 2.26. The van der Waals surface area contributed by atoms with E-state index in [9.17, 15) is 4.79 Å². The molecule has 0 saturated carbocycles. The van der Waals surface area contributed by atoms with Crippen LogP contribution in [-0.4, -0.2) is 62.4 Å². The van der Waals surface area contributed by atoms with Gasteiger partial charge in [0.1, 0.15) is 0 Å². The summed E-state index contributed by atoms with van der Waals surface area (Å²) in [5, 5.41) is 12.3. The molecule has 2 atom stereocenters. The Kier molecular flexibility index (Phi) is 6.47. The summed E-state index contributed by atoms with van der Waals surface area (Å²) in [4.78, 5) is 14.0. The Balaban J connectivity index is 2.50. The molecule has 1 heterocycles. The minimum Gasteiger partial charge on any atom is -0.395 e. The number of methoxy groups -OCH3 is 1. The highest BCUT2D eigenvalue weighted by Gasteiger charge is 2.28. The van der Waals surface area contributed by atoms with Gasteiger partial charge in [-0.3, -0.25) is 4.79 Å². The third kappa shape index (κ3) is 4.61. The van der Waals surface area contributed by atoms with Gasteiger partial charge in [0.15, 0.2) is 0 Å². The molecule has 1 saturated heterocycles. The highest BCUT2D eigenvalue weighted by atomic mass is 16.5. The Hall–Kier alpha value is -0.650. The van der Waals surface area contributed by atoms with Gasteiger partial charge in [-0.2, -0.15) is 0 Å². The molecule has 1 rings (SSSR count). The van der Waals surface area contributed by atoms with Crippen molar-refractivity contribution in [2.24, 2.45) is 11.8 Å². The number of nitrogens with zero attached hydrogens (tertiary/aromatic N) is 1. The second-order valence-corrected chi connectivity index (χ2v) is 4.74. The van der Waals surface area contributed by atoms with E-state index < -0.39 is 0 Å². The summed E-state index contributed by atoms with van der Waals surface area (Å²) in [6.07, 6.45) is 0.931. The standard InChI is InChI=1S/C12H24N2O3/c1-10-7-11(9-13-8-10)12(16)14(3-5-15)4-6-17-2/h10-11,13,15H,3-9H2,1-2H3. The van der Waals surface area contributed by atoms with E-state index in [0.29, 0.717) is 25.6 Å². The molecule has 5 heteroatoms. The maximum absolute atomic E-state index is 12.3. The summed E-state index contributed by atoms with van der Waals surface area (Å²) in [6.45, 7) is 5.36. The number of rotatable bonds is 6. The first-order valence-electron chi connectivity index (χ1n) is 6.28. The van der Waals surface area contributed by atoms with Crippen LogP contribution in [-0.2, 0) is 9.53 Å². The molecule has 5 nitrogen and oxygen atoms in total. The van der Waals surface area contributed by atoms with Gasteiger partial charge in [0, 0.05) is 26.7 Å². The van der Waals surface area contributed by atoms with E-state index in [2.05, 4.69) is 12.2 Å². The van der Waals surface area contributed by atoms with Crippen LogP contribution in [0.15, 0.2) is 0 Å². The molecule has 0 spiro atoms. The van der Waals surface area contributed by atoms with Crippen molar-refractivity contribution >= 4 is 5.91 Å². The number of nitrogens with one attached hydrogen (secondary N) is 1. The highest BCUT2D eigenvalue weighted by Crippen LogP contribution is 2.18. The Morgan fingerprint density at radius 3 is 2.82 bits per heavy atom. The maximum Gasteiger partial charge on any atom is 0.227 e. The molecule has 0 aromatic carbocycles. The smallest absolute Gasteiger partial charge is 0.227 e. The van der Waals surface area contributed by atoms with Crippen molar-refractivity contribution in [2.75, 3.05) is 46.5 Å². The number of ether oxygens (including phenoxy) is 1. The quantitative estimate of drug-likeness (QED) is 0.673. The molecule has 0 aromatic heterocycles. The predicted octanol–water partition coefficient (Wildman–Crippen LogP) is -0.301. The maximum atomic E-state index is 12.3. The third-order valence-electron chi connectivity index (χ3n) is 3.17. The molecule has 1 aliphatic heterocycles. The second kappa shape index (κ2) is 7.63. The van der Waals surface area contributed by atoms with Crippen LogP contribution in [0.5, 0.6) is 0 Å². The minimum absolute atomic E-state index is 0.00512. The van der Waals surface area contributed by atoms with E-state index in [1.165, 1.54) is 0 Å². The lowest BCUT2D eigenvalue weighted by molar-refractivity contribution is -0.137. The summed E-state index contributed by atoms with van der Waals surface area (Å²) in [5.41, 5.74) is 0. The fraction of sp³-hybridized carbons (Fsp3) is 0.917. The van der Waals surface area contributed by atoms with E-state index in [0.717, 1.165) is 19.5 Å². The normalized spacial score (nSPS) is 24.6. The monoisotopic (exact) mass is 244 g/mol. The van der Waals surface area contributed by atoms with Crippen molar-refractivity contribution in [3.63, 3.8) is 0 Å². The Morgan fingerprint density at radius 1 is 1.47 bits per heavy atom. The SMILES string of the molecule is COCCN(CCO)C(=O)C1CNCC(C)C1. The summed E-state index contributed by atoms with van der Waals surface area (Å²) >= 11 is 0. The zero-order valence-corrected chi connectivity index (χ0v) is 10.8. The van der Waals surface area contributed by atoms with Gasteiger partial charge in [0.2, 0.25) is 5.91 Å². The lowest BCUT2D eigenvalue weighted by Crippen LogP contribution is -2.46. The Labute approximate surface area is 103 Å². The largest absolute Gasteiger partial charge is 0.395 e. The minimum atomic E-state index is 0.00512. The number of carbonyl (C=O) groups excluding carboxylic acids is 1. The summed E-state index contributed by atoms with van der Waals surface area (Å²) < 4.78 is 4.99. The van der Waals surface area contributed by atoms with Crippen molar-refractivity contribution in [2.45, 2.75) is 13.3 Å². The van der Waals surface area contributed by atoms with Crippen molar-refractivity contribution in [1.82, 2.24) is 10.2 Å². The highest BCUT2D eigenvalue weighted by molar-refractivity contribution is 5.79. The van der Waals surface area contributed by atoms with Crippen LogP contribution in [0.25, 0.3) is 0 Å². The van der Waals surface area contributed by atoms with Gasteiger partial charge >= 0.3 is 0 Å². The van der Waals surface area contributed by atoms with Crippen molar-refractivity contribution in [3.05, 3.63) is 0 Å². The summed E-state index contributed by atoms with van der Waals surface area (Å²) in [6, 6.07) is 0. The number of piperidine rings is 1. The third-order valence-corrected chi connectivity index (χ3v) is 3.17. The van der Waals surface area contributed by atoms with Gasteiger partial charge in [0.05, 0.1) is 19.1 Å². The molecule has 1 aliphatic rings. The summed E-state index contributed by atoms with van der Waals surface area (Å²) in [5.74, 6) is 0.716. The van der Waals surface area contributed by atoms with Crippen LogP contribution in [0.1, 0.15) is 13.3 Å². The number of carbonyl (C=O) groups is 1. The number of hydrogen-bond acceptors (Lipinski definition) is 4. The number of aliphatic hydroxyl groups is 1. The summed E-state index contributed by atoms with van der Waals surface area (Å²) in [7, 11) is 1.62. The van der Waals surface area contributed by atoms with E-state index in [1.54, 1.807) is 12.0 Å². The average Bonchev–Trinajstić information content (AvgIpc) is 2.33. The molecule has 1 fully saturated rings. The molecule has 0 bridgehead atoms. The van der Waals surface area contributed by atoms with Crippen LogP contribution in [0.4, 0.5) is 0 Å². The van der Waals surface area contributed by atoms with Gasteiger partial charge in [-0.1, -0.05) is 6.92 Å². The van der Waals surface area contributed by atoms with Crippen molar-refractivity contribution in [3.8, 4) is 0 Å². The number of aliphatic hydroxyl groups excluding tert-OH is 1. The van der Waals surface area contributed by atoms with Crippen molar-refractivity contribution in [1.29, 1.82) is 0 Å². The van der Waals surface area contributed by atoms with Crippen LogP contribution in [0, 0.1) is 11.8 Å². The van der Waals surface area contributed by atoms with Gasteiger partial charge in [-0.05, 0) is 18.9 Å². The molecule has 0 radical (unpaired) electrons. The number of amides is 1. The van der Waals surface area contributed by atoms with Crippen LogP contribution < -0.4 is 5.32 Å². The molecule has 1 amide bonds. The van der Waals surface area contributed by atoms with E-state index in [4.69, 9.17) is 9.84 Å². The topological polar surface area (TPSA) is 61.8 Å². The predicted molar refractivity (Wildman–Crippen MR) is 65.7 cm³/mol. The zero-order chi connectivity index (χ0) is 12.7. The van der Waals surface area contributed by atoms with E-state index in [-0.39, 0.29) is 18.4 Å². The second-order valence-electron chi connectivity index (χ2n) is 4.74. The lowest BCUT2D eigenvalue weighted by atomic mass is 9.91. The first-order chi connectivity index (χ1) is 8.19. The molecule has 2 unspecified atom stereocenters. The molecular formula is C12H24N2O3. The molecule has 0 aromatic rings. The molecule has 0 aliphatic carbocycles. The fourth-order valence-corrected chi connectivity index (χ4v) is 2.26. The molecule has 17 heavy (non-hydrogen) atoms. The van der Waals surface area contributed by atoms with E-state index >= 15 is 0 Å². The van der Waals surface area contributed by atoms with E-state index in [1.807, 2.05) is 0 Å². The van der Waals surface area contributed by atoms with Gasteiger partial charge in [-0.15, -0.1) is 0 Å². The van der Waals surface area contributed by atoms with Crippen LogP contribution in [0.3, 0.4) is 0 Å². The van der Waals surface area contributed by atoms with Crippen molar-refractivity contribution < 1.29 is 14.6 Å². The molecular weight excluding hydrogens is 220 g/mol. The van der Waals surface area contributed by atoms with Gasteiger partial charge in [-0.25, -0.2) is 0 Å². The first kappa shape index (κ1) is 14.4. The lowest BCUT2D eigenvalue weighted by Gasteiger charge is -2.31. The van der Waals surface area contributed by atoms with Gasteiger partial charge in [0.25, 0.3) is 0 Å².